The molecule has 0 amide bonds. The molecule has 0 spiro atoms. The minimum Gasteiger partial charge on any atom is -0.406 e. The third-order valence-electron chi connectivity index (χ3n) is 6.08. The van der Waals surface area contributed by atoms with Gasteiger partial charge in [-0.3, -0.25) is 4.90 Å². The number of ether oxygens (including phenoxy) is 1. The molecule has 8 heteroatoms. The van der Waals surface area contributed by atoms with Crippen molar-refractivity contribution in [2.75, 3.05) is 26.2 Å². The third kappa shape index (κ3) is 5.46. The van der Waals surface area contributed by atoms with E-state index < -0.39 is 6.36 Å². The molecule has 0 saturated carbocycles. The zero-order valence-corrected chi connectivity index (χ0v) is 19.4. The third-order valence-corrected chi connectivity index (χ3v) is 6.08. The fourth-order valence-electron chi connectivity index (χ4n) is 4.74. The molecular weight excluding hydrogens is 472 g/mol. The van der Waals surface area contributed by atoms with Gasteiger partial charge >= 0.3 is 6.36 Å². The van der Waals surface area contributed by atoms with Crippen molar-refractivity contribution in [3.05, 3.63) is 89.0 Å². The second kappa shape index (κ2) is 10.3. The van der Waals surface area contributed by atoms with Gasteiger partial charge in [0.15, 0.2) is 0 Å². The van der Waals surface area contributed by atoms with Gasteiger partial charge in [0.25, 0.3) is 0 Å². The number of hydrogen-bond acceptors (Lipinski definition) is 3. The molecule has 1 fully saturated rings. The van der Waals surface area contributed by atoms with Crippen molar-refractivity contribution in [2.24, 2.45) is 0 Å². The van der Waals surface area contributed by atoms with Crippen LogP contribution in [0.4, 0.5) is 13.2 Å². The fraction of sp³-hybridized carbons (Fsp3) is 0.280. The van der Waals surface area contributed by atoms with Gasteiger partial charge in [-0.1, -0.05) is 54.6 Å². The van der Waals surface area contributed by atoms with E-state index >= 15 is 0 Å². The first kappa shape index (κ1) is 25.4. The Morgan fingerprint density at radius 2 is 1.42 bits per heavy atom. The highest BCUT2D eigenvalue weighted by Gasteiger charge is 2.31. The highest BCUT2D eigenvalue weighted by molar-refractivity contribution is 5.85. The lowest BCUT2D eigenvalue weighted by Gasteiger charge is -2.36. The van der Waals surface area contributed by atoms with Crippen molar-refractivity contribution in [3.8, 4) is 16.9 Å². The number of alkyl halides is 3. The summed E-state index contributed by atoms with van der Waals surface area (Å²) >= 11 is 0. The van der Waals surface area contributed by atoms with E-state index in [1.807, 2.05) is 0 Å². The predicted molar refractivity (Wildman–Crippen MR) is 129 cm³/mol. The Morgan fingerprint density at radius 1 is 0.788 bits per heavy atom. The number of benzene rings is 3. The summed E-state index contributed by atoms with van der Waals surface area (Å²) in [5, 5.41) is 3.37. The minimum absolute atomic E-state index is 0. The van der Waals surface area contributed by atoms with Crippen molar-refractivity contribution < 1.29 is 17.9 Å². The van der Waals surface area contributed by atoms with Gasteiger partial charge in [0, 0.05) is 26.2 Å². The van der Waals surface area contributed by atoms with Crippen LogP contribution in [0, 0.1) is 0 Å². The number of rotatable bonds is 4. The molecule has 1 aliphatic carbocycles. The predicted octanol–water partition coefficient (Wildman–Crippen LogP) is 5.99. The van der Waals surface area contributed by atoms with E-state index in [1.165, 1.54) is 34.4 Å². The van der Waals surface area contributed by atoms with E-state index in [0.717, 1.165) is 43.7 Å². The van der Waals surface area contributed by atoms with E-state index in [-0.39, 0.29) is 36.6 Å². The summed E-state index contributed by atoms with van der Waals surface area (Å²) in [5.74, 6) is -0.195. The van der Waals surface area contributed by atoms with Crippen LogP contribution in [0.15, 0.2) is 66.7 Å². The Labute approximate surface area is 203 Å². The van der Waals surface area contributed by atoms with Crippen LogP contribution in [0.1, 0.15) is 28.3 Å². The fourth-order valence-corrected chi connectivity index (χ4v) is 4.74. The summed E-state index contributed by atoms with van der Waals surface area (Å²) in [6.45, 7) is 3.54. The first-order chi connectivity index (χ1) is 15.0. The van der Waals surface area contributed by atoms with Crippen molar-refractivity contribution in [3.63, 3.8) is 0 Å². The quantitative estimate of drug-likeness (QED) is 0.375. The Kier molecular flexibility index (Phi) is 7.96. The van der Waals surface area contributed by atoms with Gasteiger partial charge in [0.1, 0.15) is 5.75 Å². The monoisotopic (exact) mass is 496 g/mol. The molecule has 3 aromatic carbocycles. The van der Waals surface area contributed by atoms with E-state index in [1.54, 1.807) is 12.1 Å². The van der Waals surface area contributed by atoms with Gasteiger partial charge in [-0.15, -0.1) is 38.0 Å². The molecule has 0 bridgehead atoms. The van der Waals surface area contributed by atoms with Crippen molar-refractivity contribution in [1.82, 2.24) is 10.2 Å². The van der Waals surface area contributed by atoms with E-state index in [9.17, 15) is 13.2 Å². The second-order valence-electron chi connectivity index (χ2n) is 8.06. The van der Waals surface area contributed by atoms with Crippen LogP contribution >= 0.6 is 24.8 Å². The van der Waals surface area contributed by atoms with Crippen molar-refractivity contribution >= 4 is 24.8 Å². The molecule has 1 saturated heterocycles. The Balaban J connectivity index is 0.00000153. The van der Waals surface area contributed by atoms with Gasteiger partial charge < -0.3 is 10.1 Å². The lowest BCUT2D eigenvalue weighted by atomic mass is 9.93. The van der Waals surface area contributed by atoms with Gasteiger partial charge in [-0.05, 0) is 51.9 Å². The van der Waals surface area contributed by atoms with Gasteiger partial charge in [-0.2, -0.15) is 0 Å². The topological polar surface area (TPSA) is 24.5 Å². The number of fused-ring (bicyclic) bond motifs is 3. The molecule has 1 aliphatic heterocycles. The summed E-state index contributed by atoms with van der Waals surface area (Å²) in [4.78, 5) is 2.39. The standard InChI is InChI=1S/C25H23F3N2O.2ClH/c26-25(27,28)31-21-8-5-17(6-9-21)24(30-13-11-29-12-14-30)19-7-10-23-20(16-19)15-18-3-1-2-4-22(18)23;;/h1-10,16,24,29H,11-15H2;2*1H/t24-;;/m0../s1. The lowest BCUT2D eigenvalue weighted by Crippen LogP contribution is -2.45. The summed E-state index contributed by atoms with van der Waals surface area (Å²) in [7, 11) is 0. The highest BCUT2D eigenvalue weighted by Crippen LogP contribution is 2.39. The number of hydrogen-bond donors (Lipinski definition) is 1. The Hall–Kier alpha value is -2.25. The molecule has 176 valence electrons. The van der Waals surface area contributed by atoms with Crippen molar-refractivity contribution in [2.45, 2.75) is 18.8 Å². The molecule has 0 radical (unpaired) electrons. The summed E-state index contributed by atoms with van der Waals surface area (Å²) < 4.78 is 41.7. The SMILES string of the molecule is Cl.Cl.FC(F)(F)Oc1ccc([C@@H](c2ccc3c(c2)Cc2ccccc2-3)N2CCNCC2)cc1. The largest absolute Gasteiger partial charge is 0.573 e. The summed E-state index contributed by atoms with van der Waals surface area (Å²) in [5.41, 5.74) is 7.33. The maximum Gasteiger partial charge on any atom is 0.573 e. The molecule has 1 N–H and O–H groups in total. The number of nitrogens with one attached hydrogen (secondary N) is 1. The lowest BCUT2D eigenvalue weighted by molar-refractivity contribution is -0.274. The maximum atomic E-state index is 12.6. The van der Waals surface area contributed by atoms with E-state index in [0.29, 0.717) is 0 Å². The average Bonchev–Trinajstić information content (AvgIpc) is 3.13. The van der Waals surface area contributed by atoms with Crippen LogP contribution in [-0.2, 0) is 6.42 Å². The average molecular weight is 497 g/mol. The van der Waals surface area contributed by atoms with E-state index in [2.05, 4.69) is 57.4 Å². The Morgan fingerprint density at radius 3 is 2.12 bits per heavy atom. The van der Waals surface area contributed by atoms with Gasteiger partial charge in [-0.25, -0.2) is 0 Å². The molecule has 1 heterocycles. The number of nitrogens with zero attached hydrogens (tertiary/aromatic N) is 1. The van der Waals surface area contributed by atoms with Gasteiger partial charge in [0.2, 0.25) is 0 Å². The van der Waals surface area contributed by atoms with Crippen LogP contribution in [-0.4, -0.2) is 37.4 Å². The molecular formula is C25H25Cl2F3N2O. The molecule has 5 rings (SSSR count). The highest BCUT2D eigenvalue weighted by atomic mass is 35.5. The zero-order chi connectivity index (χ0) is 21.4. The smallest absolute Gasteiger partial charge is 0.406 e. The van der Waals surface area contributed by atoms with E-state index in [4.69, 9.17) is 0 Å². The molecule has 0 unspecified atom stereocenters. The molecule has 2 aliphatic rings. The molecule has 3 aromatic rings. The second-order valence-corrected chi connectivity index (χ2v) is 8.06. The molecule has 33 heavy (non-hydrogen) atoms. The van der Waals surface area contributed by atoms with Crippen LogP contribution < -0.4 is 10.1 Å². The van der Waals surface area contributed by atoms with Crippen molar-refractivity contribution in [1.29, 1.82) is 0 Å². The maximum absolute atomic E-state index is 12.6. The first-order valence-corrected chi connectivity index (χ1v) is 10.5. The molecule has 0 aromatic heterocycles. The first-order valence-electron chi connectivity index (χ1n) is 10.5. The van der Waals surface area contributed by atoms with Crippen LogP contribution in [0.25, 0.3) is 11.1 Å². The number of piperazine rings is 1. The van der Waals surface area contributed by atoms with Crippen LogP contribution in [0.5, 0.6) is 5.75 Å². The van der Waals surface area contributed by atoms with Crippen LogP contribution in [0.2, 0.25) is 0 Å². The number of halogens is 5. The Bertz CT molecular complexity index is 1080. The van der Waals surface area contributed by atoms with Gasteiger partial charge in [0.05, 0.1) is 6.04 Å². The molecule has 1 atom stereocenters. The van der Waals surface area contributed by atoms with Crippen LogP contribution in [0.3, 0.4) is 0 Å². The zero-order valence-electron chi connectivity index (χ0n) is 17.8. The summed E-state index contributed by atoms with van der Waals surface area (Å²) in [6.07, 6.45) is -3.78. The normalized spacial score (nSPS) is 16.1. The summed E-state index contributed by atoms with van der Waals surface area (Å²) in [6, 6.07) is 21.4. The molecule has 3 nitrogen and oxygen atoms in total. The minimum atomic E-state index is -4.69.